The monoisotopic (exact) mass is 196 g/mol. The molecule has 0 amide bonds. The zero-order valence-electron chi connectivity index (χ0n) is 8.89. The van der Waals surface area contributed by atoms with Crippen LogP contribution in [-0.4, -0.2) is 0 Å². The molecule has 2 aliphatic carbocycles. The second kappa shape index (κ2) is 3.37. The molecule has 0 heterocycles. The van der Waals surface area contributed by atoms with Crippen molar-refractivity contribution in [1.82, 2.24) is 0 Å². The molecular weight excluding hydrogens is 180 g/mol. The summed E-state index contributed by atoms with van der Waals surface area (Å²) < 4.78 is 0. The maximum Gasteiger partial charge on any atom is -0.00931 e. The molecule has 0 aromatic heterocycles. The Morgan fingerprint density at radius 3 is 2.47 bits per heavy atom. The van der Waals surface area contributed by atoms with Crippen LogP contribution in [0.4, 0.5) is 0 Å². The normalized spacial score (nSPS) is 32.1. The van der Waals surface area contributed by atoms with Crippen molar-refractivity contribution in [2.45, 2.75) is 12.8 Å². The number of hydrogen-bond donors (Lipinski definition) is 0. The summed E-state index contributed by atoms with van der Waals surface area (Å²) in [6.07, 6.45) is 7.46. The summed E-state index contributed by atoms with van der Waals surface area (Å²) in [5.74, 6) is 2.30. The molecule has 3 rings (SSSR count). The van der Waals surface area contributed by atoms with Gasteiger partial charge in [-0.05, 0) is 41.7 Å². The summed E-state index contributed by atoms with van der Waals surface area (Å²) in [6.45, 7) is 4.29. The molecule has 1 saturated carbocycles. The van der Waals surface area contributed by atoms with Crippen molar-refractivity contribution in [2.75, 3.05) is 0 Å². The summed E-state index contributed by atoms with van der Waals surface area (Å²) in [6, 6.07) is 10.6. The van der Waals surface area contributed by atoms with Gasteiger partial charge in [0, 0.05) is 0 Å². The van der Waals surface area contributed by atoms with Gasteiger partial charge in [-0.15, -0.1) is 0 Å². The van der Waals surface area contributed by atoms with E-state index in [4.69, 9.17) is 0 Å². The summed E-state index contributed by atoms with van der Waals surface area (Å²) in [5, 5.41) is 0. The molecule has 1 aromatic carbocycles. The lowest BCUT2D eigenvalue weighted by atomic mass is 9.84. The van der Waals surface area contributed by atoms with Crippen LogP contribution in [0.3, 0.4) is 0 Å². The van der Waals surface area contributed by atoms with E-state index < -0.39 is 0 Å². The van der Waals surface area contributed by atoms with Gasteiger partial charge in [0.15, 0.2) is 0 Å². The topological polar surface area (TPSA) is 0 Å². The van der Waals surface area contributed by atoms with Crippen LogP contribution in [0.2, 0.25) is 0 Å². The fourth-order valence-corrected chi connectivity index (χ4v) is 3.05. The predicted octanol–water partition coefficient (Wildman–Crippen LogP) is 3.91. The smallest absolute Gasteiger partial charge is 0.00931 e. The Labute approximate surface area is 91.3 Å². The fraction of sp³-hybridized carbons (Fsp3) is 0.333. The van der Waals surface area contributed by atoms with Crippen molar-refractivity contribution in [3.05, 3.63) is 54.6 Å². The maximum absolute atomic E-state index is 4.29. The van der Waals surface area contributed by atoms with Crippen molar-refractivity contribution < 1.29 is 0 Å². The van der Waals surface area contributed by atoms with Crippen LogP contribution < -0.4 is 0 Å². The van der Waals surface area contributed by atoms with E-state index in [9.17, 15) is 0 Å². The van der Waals surface area contributed by atoms with E-state index in [1.165, 1.54) is 24.0 Å². The van der Waals surface area contributed by atoms with Gasteiger partial charge in [0.1, 0.15) is 0 Å². The Morgan fingerprint density at radius 2 is 1.87 bits per heavy atom. The lowest BCUT2D eigenvalue weighted by Crippen LogP contribution is -2.08. The van der Waals surface area contributed by atoms with Crippen molar-refractivity contribution in [3.8, 4) is 0 Å². The van der Waals surface area contributed by atoms with Gasteiger partial charge in [-0.2, -0.15) is 0 Å². The maximum atomic E-state index is 4.29. The van der Waals surface area contributed by atoms with Gasteiger partial charge in [-0.25, -0.2) is 0 Å². The Balaban J connectivity index is 1.85. The lowest BCUT2D eigenvalue weighted by Gasteiger charge is -2.20. The molecule has 2 aliphatic rings. The molecule has 3 atom stereocenters. The van der Waals surface area contributed by atoms with E-state index in [0.717, 1.165) is 11.8 Å². The standard InChI is InChI=1S/C15H16/c1-11(13-5-3-2-4-6-13)15-10-12-7-8-14(15)9-12/h2-8,12,14-15H,1,9-10H2/t12?,14-,15?/m1/s1. The molecule has 0 saturated heterocycles. The van der Waals surface area contributed by atoms with Gasteiger partial charge in [0.2, 0.25) is 0 Å². The van der Waals surface area contributed by atoms with E-state index in [1.807, 2.05) is 0 Å². The Morgan fingerprint density at radius 1 is 1.07 bits per heavy atom. The van der Waals surface area contributed by atoms with Crippen molar-refractivity contribution >= 4 is 5.57 Å². The Hall–Kier alpha value is -1.30. The molecule has 0 aliphatic heterocycles. The van der Waals surface area contributed by atoms with E-state index >= 15 is 0 Å². The van der Waals surface area contributed by atoms with Crippen molar-refractivity contribution in [2.24, 2.45) is 17.8 Å². The van der Waals surface area contributed by atoms with Crippen LogP contribution >= 0.6 is 0 Å². The van der Waals surface area contributed by atoms with Crippen molar-refractivity contribution in [3.63, 3.8) is 0 Å². The van der Waals surface area contributed by atoms with Crippen LogP contribution in [-0.2, 0) is 0 Å². The largest absolute Gasteiger partial charge is 0.0949 e. The third kappa shape index (κ3) is 1.45. The van der Waals surface area contributed by atoms with E-state index in [1.54, 1.807) is 0 Å². The summed E-state index contributed by atoms with van der Waals surface area (Å²) in [5.41, 5.74) is 2.66. The minimum absolute atomic E-state index is 0.697. The lowest BCUT2D eigenvalue weighted by molar-refractivity contribution is 0.567. The van der Waals surface area contributed by atoms with Crippen molar-refractivity contribution in [1.29, 1.82) is 0 Å². The van der Waals surface area contributed by atoms with Crippen LogP contribution in [0.25, 0.3) is 5.57 Å². The molecule has 0 N–H and O–H groups in total. The first-order valence-corrected chi connectivity index (χ1v) is 5.77. The highest BCUT2D eigenvalue weighted by Crippen LogP contribution is 2.48. The van der Waals surface area contributed by atoms with Crippen LogP contribution in [0.1, 0.15) is 18.4 Å². The van der Waals surface area contributed by atoms with E-state index in [0.29, 0.717) is 5.92 Å². The minimum Gasteiger partial charge on any atom is -0.0949 e. The highest BCUT2D eigenvalue weighted by Gasteiger charge is 2.36. The number of hydrogen-bond acceptors (Lipinski definition) is 0. The van der Waals surface area contributed by atoms with Gasteiger partial charge in [-0.3, -0.25) is 0 Å². The molecule has 0 radical (unpaired) electrons. The first-order chi connectivity index (χ1) is 7.34. The molecule has 2 unspecified atom stereocenters. The zero-order valence-corrected chi connectivity index (χ0v) is 8.89. The Kier molecular flexibility index (Phi) is 2.02. The van der Waals surface area contributed by atoms with Crippen LogP contribution in [0.15, 0.2) is 49.1 Å². The highest BCUT2D eigenvalue weighted by molar-refractivity contribution is 5.66. The van der Waals surface area contributed by atoms with Gasteiger partial charge < -0.3 is 0 Å². The van der Waals surface area contributed by atoms with Gasteiger partial charge in [0.05, 0.1) is 0 Å². The third-order valence-corrected chi connectivity index (χ3v) is 3.87. The Bertz CT molecular complexity index is 399. The second-order valence-corrected chi connectivity index (χ2v) is 4.78. The first-order valence-electron chi connectivity index (χ1n) is 5.77. The van der Waals surface area contributed by atoms with Gasteiger partial charge in [-0.1, -0.05) is 49.1 Å². The summed E-state index contributed by atoms with van der Waals surface area (Å²) in [4.78, 5) is 0. The average molecular weight is 196 g/mol. The molecule has 15 heavy (non-hydrogen) atoms. The third-order valence-electron chi connectivity index (χ3n) is 3.87. The number of benzene rings is 1. The molecular formula is C15H16. The predicted molar refractivity (Wildman–Crippen MR) is 64.3 cm³/mol. The number of rotatable bonds is 2. The van der Waals surface area contributed by atoms with Gasteiger partial charge in [0.25, 0.3) is 0 Å². The molecule has 0 nitrogen and oxygen atoms in total. The molecule has 2 bridgehead atoms. The number of allylic oxidation sites excluding steroid dienone is 3. The van der Waals surface area contributed by atoms with Crippen LogP contribution in [0, 0.1) is 17.8 Å². The fourth-order valence-electron chi connectivity index (χ4n) is 3.05. The second-order valence-electron chi connectivity index (χ2n) is 4.78. The summed E-state index contributed by atoms with van der Waals surface area (Å²) in [7, 11) is 0. The van der Waals surface area contributed by atoms with E-state index in [-0.39, 0.29) is 0 Å². The molecule has 76 valence electrons. The molecule has 0 spiro atoms. The van der Waals surface area contributed by atoms with Crippen LogP contribution in [0.5, 0.6) is 0 Å². The number of fused-ring (bicyclic) bond motifs is 2. The molecule has 1 aromatic rings. The minimum atomic E-state index is 0.697. The quantitative estimate of drug-likeness (QED) is 0.629. The highest BCUT2D eigenvalue weighted by atomic mass is 14.4. The zero-order chi connectivity index (χ0) is 10.3. The molecule has 1 fully saturated rings. The van der Waals surface area contributed by atoms with E-state index in [2.05, 4.69) is 49.1 Å². The van der Waals surface area contributed by atoms with Gasteiger partial charge >= 0.3 is 0 Å². The average Bonchev–Trinajstić information content (AvgIpc) is 2.91. The molecule has 0 heteroatoms. The summed E-state index contributed by atoms with van der Waals surface area (Å²) >= 11 is 0. The first kappa shape index (κ1) is 8.96. The SMILES string of the molecule is C=C(c1ccccc1)C1CC2C=C[C@@H]1C2.